The summed E-state index contributed by atoms with van der Waals surface area (Å²) in [6.45, 7) is 11.9. The number of aromatic nitrogens is 2. The van der Waals surface area contributed by atoms with Gasteiger partial charge in [-0.3, -0.25) is 14.5 Å². The van der Waals surface area contributed by atoms with Gasteiger partial charge in [-0.2, -0.15) is 5.10 Å². The monoisotopic (exact) mass is 452 g/mol. The molecule has 2 amide bonds. The molecule has 0 radical (unpaired) electrons. The minimum Gasteiger partial charge on any atom is -0.355 e. The Bertz CT molecular complexity index is 957. The molecule has 2 fully saturated rings. The van der Waals surface area contributed by atoms with Gasteiger partial charge in [-0.1, -0.05) is 25.1 Å². The number of rotatable bonds is 6. The first kappa shape index (κ1) is 23.3. The number of carbonyl (C=O) groups excluding carboxylic acids is 2. The van der Waals surface area contributed by atoms with Crippen molar-refractivity contribution in [2.24, 2.45) is 5.92 Å². The highest BCUT2D eigenvalue weighted by molar-refractivity contribution is 5.93. The van der Waals surface area contributed by atoms with Gasteiger partial charge in [0.05, 0.1) is 11.4 Å². The maximum atomic E-state index is 13.2. The lowest BCUT2D eigenvalue weighted by molar-refractivity contribution is -0.138. The smallest absolute Gasteiger partial charge is 0.225 e. The molecule has 1 aromatic heterocycles. The molecule has 2 aliphatic heterocycles. The van der Waals surface area contributed by atoms with E-state index in [0.717, 1.165) is 88.0 Å². The van der Waals surface area contributed by atoms with E-state index in [0.29, 0.717) is 5.91 Å². The number of carbonyl (C=O) groups is 2. The Labute approximate surface area is 196 Å². The molecule has 178 valence electrons. The summed E-state index contributed by atoms with van der Waals surface area (Å²) in [5.41, 5.74) is 2.49. The second-order valence-corrected chi connectivity index (χ2v) is 9.14. The Hall–Kier alpha value is -2.87. The van der Waals surface area contributed by atoms with Crippen molar-refractivity contribution in [3.63, 3.8) is 0 Å². The normalized spacial score (nSPS) is 17.9. The van der Waals surface area contributed by atoms with Crippen LogP contribution in [0.3, 0.4) is 0 Å². The second-order valence-electron chi connectivity index (χ2n) is 9.14. The van der Waals surface area contributed by atoms with Crippen molar-refractivity contribution in [2.45, 2.75) is 40.0 Å². The number of aryl methyl sites for hydroxylation is 1. The van der Waals surface area contributed by atoms with Crippen LogP contribution in [0.15, 0.2) is 30.3 Å². The quantitative estimate of drug-likeness (QED) is 0.730. The predicted octanol–water partition coefficient (Wildman–Crippen LogP) is 2.91. The zero-order valence-corrected chi connectivity index (χ0v) is 20.1. The topological polar surface area (TPSA) is 73.7 Å². The summed E-state index contributed by atoms with van der Waals surface area (Å²) < 4.78 is 1.91. The van der Waals surface area contributed by atoms with E-state index in [-0.39, 0.29) is 11.8 Å². The molecule has 2 saturated heterocycles. The number of para-hydroxylation sites is 1. The lowest BCUT2D eigenvalue weighted by atomic mass is 9.94. The first-order chi connectivity index (χ1) is 16.0. The molecule has 2 aromatic rings. The van der Waals surface area contributed by atoms with Gasteiger partial charge in [0, 0.05) is 52.1 Å². The first-order valence-electron chi connectivity index (χ1n) is 12.2. The number of benzene rings is 1. The fourth-order valence-corrected chi connectivity index (χ4v) is 4.98. The maximum absolute atomic E-state index is 13.2. The largest absolute Gasteiger partial charge is 0.355 e. The second kappa shape index (κ2) is 10.4. The summed E-state index contributed by atoms with van der Waals surface area (Å²) in [7, 11) is 0. The lowest BCUT2D eigenvalue weighted by Crippen LogP contribution is -2.51. The van der Waals surface area contributed by atoms with Crippen LogP contribution in [0, 0.1) is 12.8 Å². The van der Waals surface area contributed by atoms with Crippen molar-refractivity contribution in [1.29, 1.82) is 0 Å². The molecule has 0 spiro atoms. The SMILES string of the molecule is CCCN1CCN(C(=O)C2CCN(c3c(NC(C)=O)c(C)nn3-c3ccccc3)CC2)CC1. The minimum absolute atomic E-state index is 0.0670. The Kier molecular flexibility index (Phi) is 7.33. The average molecular weight is 453 g/mol. The Balaban J connectivity index is 1.47. The van der Waals surface area contributed by atoms with Crippen LogP contribution in [-0.4, -0.2) is 77.2 Å². The van der Waals surface area contributed by atoms with Crippen molar-refractivity contribution in [3.05, 3.63) is 36.0 Å². The van der Waals surface area contributed by atoms with Crippen LogP contribution in [0.2, 0.25) is 0 Å². The van der Waals surface area contributed by atoms with Crippen molar-refractivity contribution in [3.8, 4) is 5.69 Å². The van der Waals surface area contributed by atoms with Gasteiger partial charge < -0.3 is 15.1 Å². The third kappa shape index (κ3) is 5.21. The zero-order chi connectivity index (χ0) is 23.4. The van der Waals surface area contributed by atoms with E-state index in [1.807, 2.05) is 41.9 Å². The molecule has 4 rings (SSSR count). The van der Waals surface area contributed by atoms with E-state index in [4.69, 9.17) is 5.10 Å². The molecule has 1 N–H and O–H groups in total. The Morgan fingerprint density at radius 2 is 1.70 bits per heavy atom. The van der Waals surface area contributed by atoms with Crippen LogP contribution in [-0.2, 0) is 9.59 Å². The number of hydrogen-bond donors (Lipinski definition) is 1. The summed E-state index contributed by atoms with van der Waals surface area (Å²) in [5, 5.41) is 7.72. The number of piperidine rings is 1. The van der Waals surface area contributed by atoms with Crippen molar-refractivity contribution >= 4 is 23.3 Å². The summed E-state index contributed by atoms with van der Waals surface area (Å²) >= 11 is 0. The molecule has 0 aliphatic carbocycles. The number of nitrogens with one attached hydrogen (secondary N) is 1. The van der Waals surface area contributed by atoms with E-state index in [1.54, 1.807) is 0 Å². The first-order valence-corrected chi connectivity index (χ1v) is 12.2. The van der Waals surface area contributed by atoms with Crippen LogP contribution in [0.25, 0.3) is 5.69 Å². The fourth-order valence-electron chi connectivity index (χ4n) is 4.98. The van der Waals surface area contributed by atoms with Gasteiger partial charge in [-0.15, -0.1) is 0 Å². The van der Waals surface area contributed by atoms with Crippen LogP contribution in [0.5, 0.6) is 0 Å². The van der Waals surface area contributed by atoms with Gasteiger partial charge in [0.2, 0.25) is 11.8 Å². The maximum Gasteiger partial charge on any atom is 0.225 e. The van der Waals surface area contributed by atoms with E-state index in [1.165, 1.54) is 6.92 Å². The van der Waals surface area contributed by atoms with E-state index in [9.17, 15) is 9.59 Å². The Morgan fingerprint density at radius 1 is 1.03 bits per heavy atom. The van der Waals surface area contributed by atoms with Crippen LogP contribution >= 0.6 is 0 Å². The van der Waals surface area contributed by atoms with Crippen molar-refractivity contribution in [1.82, 2.24) is 19.6 Å². The van der Waals surface area contributed by atoms with Crippen LogP contribution in [0.1, 0.15) is 38.8 Å². The summed E-state index contributed by atoms with van der Waals surface area (Å²) in [6.07, 6.45) is 2.78. The van der Waals surface area contributed by atoms with Crippen LogP contribution < -0.4 is 10.2 Å². The van der Waals surface area contributed by atoms with Gasteiger partial charge in [0.15, 0.2) is 5.82 Å². The lowest BCUT2D eigenvalue weighted by Gasteiger charge is -2.39. The summed E-state index contributed by atoms with van der Waals surface area (Å²) in [6, 6.07) is 9.98. The predicted molar refractivity (Wildman–Crippen MR) is 131 cm³/mol. The third-order valence-electron chi connectivity index (χ3n) is 6.71. The standard InChI is InChI=1S/C25H36N6O2/c1-4-12-28-15-17-30(18-16-28)25(33)21-10-13-29(14-11-21)24-23(26-20(3)32)19(2)27-31(24)22-8-6-5-7-9-22/h5-9,21H,4,10-18H2,1-3H3,(H,26,32). The molecule has 0 saturated carbocycles. The molecule has 8 nitrogen and oxygen atoms in total. The van der Waals surface area contributed by atoms with Gasteiger partial charge >= 0.3 is 0 Å². The highest BCUT2D eigenvalue weighted by atomic mass is 16.2. The molecule has 0 bridgehead atoms. The number of anilines is 2. The molecular weight excluding hydrogens is 416 g/mol. The van der Waals surface area contributed by atoms with Crippen LogP contribution in [0.4, 0.5) is 11.5 Å². The number of nitrogens with zero attached hydrogens (tertiary/aromatic N) is 5. The van der Waals surface area contributed by atoms with E-state index in [2.05, 4.69) is 26.9 Å². The van der Waals surface area contributed by atoms with Crippen molar-refractivity contribution in [2.75, 3.05) is 56.0 Å². The number of hydrogen-bond acceptors (Lipinski definition) is 5. The minimum atomic E-state index is -0.112. The van der Waals surface area contributed by atoms with Gasteiger partial charge in [0.25, 0.3) is 0 Å². The molecule has 2 aliphatic rings. The van der Waals surface area contributed by atoms with E-state index >= 15 is 0 Å². The summed E-state index contributed by atoms with van der Waals surface area (Å²) in [4.78, 5) is 31.9. The van der Waals surface area contributed by atoms with Gasteiger partial charge in [-0.05, 0) is 44.9 Å². The zero-order valence-electron chi connectivity index (χ0n) is 20.1. The highest BCUT2D eigenvalue weighted by Gasteiger charge is 2.32. The molecule has 0 atom stereocenters. The number of amides is 2. The molecular formula is C25H36N6O2. The highest BCUT2D eigenvalue weighted by Crippen LogP contribution is 2.35. The molecule has 1 aromatic carbocycles. The molecule has 3 heterocycles. The van der Waals surface area contributed by atoms with E-state index < -0.39 is 0 Å². The average Bonchev–Trinajstić information content (AvgIpc) is 3.15. The van der Waals surface area contributed by atoms with Gasteiger partial charge in [0.1, 0.15) is 5.69 Å². The van der Waals surface area contributed by atoms with Gasteiger partial charge in [-0.25, -0.2) is 4.68 Å². The fraction of sp³-hybridized carbons (Fsp3) is 0.560. The molecule has 0 unspecified atom stereocenters. The Morgan fingerprint density at radius 3 is 2.30 bits per heavy atom. The number of piperazine rings is 1. The third-order valence-corrected chi connectivity index (χ3v) is 6.71. The van der Waals surface area contributed by atoms with Crippen molar-refractivity contribution < 1.29 is 9.59 Å². The molecule has 8 heteroatoms. The summed E-state index contributed by atoms with van der Waals surface area (Å²) in [5.74, 6) is 1.16. The molecule has 33 heavy (non-hydrogen) atoms.